The molecule has 7 nitrogen and oxygen atoms in total. The molecular formula is C20H26N4O3S. The second kappa shape index (κ2) is 9.77. The van der Waals surface area contributed by atoms with Crippen molar-refractivity contribution in [3.05, 3.63) is 47.0 Å². The van der Waals surface area contributed by atoms with Gasteiger partial charge in [0.25, 0.3) is 0 Å². The number of piperazine rings is 1. The number of aromatic nitrogens is 1. The van der Waals surface area contributed by atoms with Crippen LogP contribution in [-0.2, 0) is 20.7 Å². The van der Waals surface area contributed by atoms with E-state index in [2.05, 4.69) is 39.3 Å². The number of thiazole rings is 1. The van der Waals surface area contributed by atoms with Crippen molar-refractivity contribution in [2.75, 3.05) is 45.2 Å². The molecule has 1 amide bonds. The standard InChI is InChI=1S/C20H26N4O3S/c1-3-27-19(26)11-16-14-28-20(21-16)22-18(25)13-24-10-9-23(2)12-17(24)15-7-5-4-6-8-15/h4-8,14,17H,3,9-13H2,1-2H3,(H,21,22,25). The van der Waals surface area contributed by atoms with Gasteiger partial charge in [-0.15, -0.1) is 11.3 Å². The number of hydrogen-bond donors (Lipinski definition) is 1. The first-order valence-corrected chi connectivity index (χ1v) is 10.3. The minimum atomic E-state index is -0.311. The van der Waals surface area contributed by atoms with Gasteiger partial charge in [-0.25, -0.2) is 4.98 Å². The molecule has 0 saturated carbocycles. The van der Waals surface area contributed by atoms with Crippen molar-refractivity contribution < 1.29 is 14.3 Å². The molecule has 0 bridgehead atoms. The Morgan fingerprint density at radius 2 is 2.07 bits per heavy atom. The third-order valence-corrected chi connectivity index (χ3v) is 5.46. The molecule has 1 unspecified atom stereocenters. The normalized spacial score (nSPS) is 18.0. The fourth-order valence-electron chi connectivity index (χ4n) is 3.29. The molecular weight excluding hydrogens is 376 g/mol. The Labute approximate surface area is 169 Å². The topological polar surface area (TPSA) is 74.8 Å². The van der Waals surface area contributed by atoms with Crippen LogP contribution in [0.3, 0.4) is 0 Å². The average Bonchev–Trinajstić information content (AvgIpc) is 3.10. The fraction of sp³-hybridized carbons (Fsp3) is 0.450. The lowest BCUT2D eigenvalue weighted by molar-refractivity contribution is -0.142. The van der Waals surface area contributed by atoms with Crippen LogP contribution >= 0.6 is 11.3 Å². The van der Waals surface area contributed by atoms with E-state index in [-0.39, 0.29) is 24.3 Å². The predicted octanol–water partition coefficient (Wildman–Crippen LogP) is 2.18. The maximum absolute atomic E-state index is 12.6. The van der Waals surface area contributed by atoms with Gasteiger partial charge in [0, 0.05) is 31.1 Å². The number of anilines is 1. The third kappa shape index (κ3) is 5.60. The largest absolute Gasteiger partial charge is 0.466 e. The maximum atomic E-state index is 12.6. The summed E-state index contributed by atoms with van der Waals surface area (Å²) in [7, 11) is 2.11. The number of rotatable bonds is 7. The maximum Gasteiger partial charge on any atom is 0.311 e. The lowest BCUT2D eigenvalue weighted by Gasteiger charge is -2.39. The number of carbonyl (C=O) groups is 2. The van der Waals surface area contributed by atoms with Gasteiger partial charge in [0.05, 0.1) is 25.3 Å². The first-order valence-electron chi connectivity index (χ1n) is 9.42. The highest BCUT2D eigenvalue weighted by atomic mass is 32.1. The average molecular weight is 403 g/mol. The minimum Gasteiger partial charge on any atom is -0.466 e. The monoisotopic (exact) mass is 402 g/mol. The molecule has 8 heteroatoms. The quantitative estimate of drug-likeness (QED) is 0.716. The summed E-state index contributed by atoms with van der Waals surface area (Å²) in [4.78, 5) is 32.9. The zero-order chi connectivity index (χ0) is 19.9. The lowest BCUT2D eigenvalue weighted by Crippen LogP contribution is -2.49. The van der Waals surface area contributed by atoms with Gasteiger partial charge in [-0.1, -0.05) is 30.3 Å². The molecule has 1 aromatic heterocycles. The smallest absolute Gasteiger partial charge is 0.311 e. The van der Waals surface area contributed by atoms with Gasteiger partial charge in [0.2, 0.25) is 5.91 Å². The molecule has 3 rings (SSSR count). The Morgan fingerprint density at radius 1 is 1.29 bits per heavy atom. The van der Waals surface area contributed by atoms with E-state index >= 15 is 0 Å². The molecule has 1 saturated heterocycles. The zero-order valence-corrected chi connectivity index (χ0v) is 17.1. The highest BCUT2D eigenvalue weighted by Crippen LogP contribution is 2.25. The molecule has 1 atom stereocenters. The van der Waals surface area contributed by atoms with Crippen LogP contribution in [0.1, 0.15) is 24.2 Å². The van der Waals surface area contributed by atoms with Crippen molar-refractivity contribution in [1.82, 2.24) is 14.8 Å². The van der Waals surface area contributed by atoms with Crippen LogP contribution in [0.25, 0.3) is 0 Å². The van der Waals surface area contributed by atoms with Crippen molar-refractivity contribution in [3.8, 4) is 0 Å². The van der Waals surface area contributed by atoms with E-state index in [4.69, 9.17) is 4.74 Å². The molecule has 0 spiro atoms. The Hall–Kier alpha value is -2.29. The molecule has 0 aliphatic carbocycles. The van der Waals surface area contributed by atoms with E-state index in [0.717, 1.165) is 19.6 Å². The lowest BCUT2D eigenvalue weighted by atomic mass is 10.0. The Morgan fingerprint density at radius 3 is 2.82 bits per heavy atom. The number of carbonyl (C=O) groups excluding carboxylic acids is 2. The van der Waals surface area contributed by atoms with Crippen LogP contribution in [0, 0.1) is 0 Å². The number of nitrogens with one attached hydrogen (secondary N) is 1. The number of hydrogen-bond acceptors (Lipinski definition) is 7. The van der Waals surface area contributed by atoms with Gasteiger partial charge in [-0.3, -0.25) is 14.5 Å². The molecule has 28 heavy (non-hydrogen) atoms. The van der Waals surface area contributed by atoms with E-state index in [1.807, 2.05) is 18.2 Å². The summed E-state index contributed by atoms with van der Waals surface area (Å²) in [6, 6.07) is 10.5. The van der Waals surface area contributed by atoms with Crippen molar-refractivity contribution >= 4 is 28.3 Å². The molecule has 1 aliphatic rings. The van der Waals surface area contributed by atoms with Gasteiger partial charge in [0.15, 0.2) is 5.13 Å². The Kier molecular flexibility index (Phi) is 7.13. The van der Waals surface area contributed by atoms with E-state index in [0.29, 0.717) is 24.0 Å². The molecule has 2 aromatic rings. The van der Waals surface area contributed by atoms with E-state index < -0.39 is 0 Å². The molecule has 150 valence electrons. The number of ether oxygens (including phenoxy) is 1. The third-order valence-electron chi connectivity index (χ3n) is 4.65. The van der Waals surface area contributed by atoms with Gasteiger partial charge < -0.3 is 15.0 Å². The molecule has 1 aromatic carbocycles. The summed E-state index contributed by atoms with van der Waals surface area (Å²) in [5, 5.41) is 5.14. The Balaban J connectivity index is 1.59. The van der Waals surface area contributed by atoms with Crippen LogP contribution in [0.5, 0.6) is 0 Å². The number of benzene rings is 1. The number of esters is 1. The summed E-state index contributed by atoms with van der Waals surface area (Å²) >= 11 is 1.32. The highest BCUT2D eigenvalue weighted by molar-refractivity contribution is 7.13. The van der Waals surface area contributed by atoms with Gasteiger partial charge in [-0.2, -0.15) is 0 Å². The van der Waals surface area contributed by atoms with E-state index in [9.17, 15) is 9.59 Å². The van der Waals surface area contributed by atoms with Gasteiger partial charge in [0.1, 0.15) is 0 Å². The molecule has 1 N–H and O–H groups in total. The molecule has 1 aliphatic heterocycles. The van der Waals surface area contributed by atoms with Crippen LogP contribution in [0.4, 0.5) is 5.13 Å². The van der Waals surface area contributed by atoms with Crippen LogP contribution < -0.4 is 5.32 Å². The SMILES string of the molecule is CCOC(=O)Cc1csc(NC(=O)CN2CCN(C)CC2c2ccccc2)n1. The van der Waals surface area contributed by atoms with Crippen LogP contribution in [-0.4, -0.2) is 66.5 Å². The van der Waals surface area contributed by atoms with Crippen molar-refractivity contribution in [3.63, 3.8) is 0 Å². The van der Waals surface area contributed by atoms with Crippen molar-refractivity contribution in [2.24, 2.45) is 0 Å². The van der Waals surface area contributed by atoms with E-state index in [1.54, 1.807) is 12.3 Å². The minimum absolute atomic E-state index is 0.0949. The molecule has 0 radical (unpaired) electrons. The summed E-state index contributed by atoms with van der Waals surface area (Å²) < 4.78 is 4.93. The summed E-state index contributed by atoms with van der Waals surface area (Å²) in [6.45, 7) is 5.07. The van der Waals surface area contributed by atoms with Crippen LogP contribution in [0.15, 0.2) is 35.7 Å². The first-order chi connectivity index (χ1) is 13.5. The van der Waals surface area contributed by atoms with Crippen molar-refractivity contribution in [1.29, 1.82) is 0 Å². The number of nitrogens with zero attached hydrogens (tertiary/aromatic N) is 3. The highest BCUT2D eigenvalue weighted by Gasteiger charge is 2.28. The second-order valence-electron chi connectivity index (χ2n) is 6.83. The predicted molar refractivity (Wildman–Crippen MR) is 109 cm³/mol. The second-order valence-corrected chi connectivity index (χ2v) is 7.69. The van der Waals surface area contributed by atoms with Crippen molar-refractivity contribution in [2.45, 2.75) is 19.4 Å². The van der Waals surface area contributed by atoms with Gasteiger partial charge in [-0.05, 0) is 19.5 Å². The van der Waals surface area contributed by atoms with Crippen LogP contribution in [0.2, 0.25) is 0 Å². The number of amides is 1. The summed E-state index contributed by atoms with van der Waals surface area (Å²) in [5.41, 5.74) is 1.83. The molecule has 1 fully saturated rings. The fourth-order valence-corrected chi connectivity index (χ4v) is 4.01. The molecule has 2 heterocycles. The first kappa shape index (κ1) is 20.4. The summed E-state index contributed by atoms with van der Waals surface area (Å²) in [5.74, 6) is -0.406. The van der Waals surface area contributed by atoms with Gasteiger partial charge >= 0.3 is 5.97 Å². The summed E-state index contributed by atoms with van der Waals surface area (Å²) in [6.07, 6.45) is 0.120. The zero-order valence-electron chi connectivity index (χ0n) is 16.3. The van der Waals surface area contributed by atoms with E-state index in [1.165, 1.54) is 16.9 Å². The Bertz CT molecular complexity index is 796. The number of likely N-dealkylation sites (N-methyl/N-ethyl adjacent to an activating group) is 1.